The van der Waals surface area contributed by atoms with Crippen LogP contribution < -0.4 is 10.5 Å². The summed E-state index contributed by atoms with van der Waals surface area (Å²) in [6, 6.07) is 6.04. The van der Waals surface area contributed by atoms with E-state index in [0.717, 1.165) is 17.7 Å². The Kier molecular flexibility index (Phi) is 3.54. The number of hydrogen-bond acceptors (Lipinski definition) is 4. The van der Waals surface area contributed by atoms with Gasteiger partial charge in [-0.3, -0.25) is 4.98 Å². The van der Waals surface area contributed by atoms with Gasteiger partial charge in [0.05, 0.1) is 13.3 Å². The van der Waals surface area contributed by atoms with E-state index < -0.39 is 0 Å². The summed E-state index contributed by atoms with van der Waals surface area (Å²) in [5.41, 5.74) is 7.13. The molecule has 0 saturated carbocycles. The highest BCUT2D eigenvalue weighted by atomic mass is 32.1. The van der Waals surface area contributed by atoms with Crippen LogP contribution in [0.2, 0.25) is 0 Å². The van der Waals surface area contributed by atoms with Gasteiger partial charge in [0.1, 0.15) is 5.75 Å². The van der Waals surface area contributed by atoms with Gasteiger partial charge in [0.2, 0.25) is 0 Å². The molecular formula is C12H14N2OS. The normalized spacial score (nSPS) is 12.4. The number of hydrogen-bond donors (Lipinski definition) is 1. The highest BCUT2D eigenvalue weighted by Crippen LogP contribution is 2.21. The van der Waals surface area contributed by atoms with Crippen LogP contribution in [-0.2, 0) is 6.42 Å². The summed E-state index contributed by atoms with van der Waals surface area (Å²) in [5, 5.41) is 2.06. The van der Waals surface area contributed by atoms with Gasteiger partial charge in [-0.1, -0.05) is 6.07 Å². The van der Waals surface area contributed by atoms with Crippen molar-refractivity contribution < 1.29 is 4.74 Å². The SMILES string of the molecule is COc1cncc(C(N)Cc2cccs2)c1. The monoisotopic (exact) mass is 234 g/mol. The molecule has 0 amide bonds. The van der Waals surface area contributed by atoms with Crippen LogP contribution in [0.15, 0.2) is 36.0 Å². The number of nitrogens with zero attached hydrogens (tertiary/aromatic N) is 1. The molecule has 84 valence electrons. The number of nitrogens with two attached hydrogens (primary N) is 1. The van der Waals surface area contributed by atoms with Crippen LogP contribution in [0.25, 0.3) is 0 Å². The number of aromatic nitrogens is 1. The first-order chi connectivity index (χ1) is 7.79. The van der Waals surface area contributed by atoms with Crippen LogP contribution in [0, 0.1) is 0 Å². The molecule has 1 unspecified atom stereocenters. The summed E-state index contributed by atoms with van der Waals surface area (Å²) in [7, 11) is 1.63. The zero-order valence-corrected chi connectivity index (χ0v) is 9.91. The van der Waals surface area contributed by atoms with Crippen molar-refractivity contribution in [1.29, 1.82) is 0 Å². The average Bonchev–Trinajstić information content (AvgIpc) is 2.82. The van der Waals surface area contributed by atoms with Gasteiger partial charge in [0.25, 0.3) is 0 Å². The van der Waals surface area contributed by atoms with Crippen LogP contribution in [0.1, 0.15) is 16.5 Å². The summed E-state index contributed by atoms with van der Waals surface area (Å²) in [5.74, 6) is 0.749. The fourth-order valence-electron chi connectivity index (χ4n) is 1.51. The largest absolute Gasteiger partial charge is 0.495 e. The van der Waals surface area contributed by atoms with Gasteiger partial charge in [-0.15, -0.1) is 11.3 Å². The number of methoxy groups -OCH3 is 1. The van der Waals surface area contributed by atoms with E-state index in [1.165, 1.54) is 4.88 Å². The molecule has 0 aliphatic carbocycles. The second-order valence-electron chi connectivity index (χ2n) is 3.55. The Bertz CT molecular complexity index is 442. The molecule has 0 spiro atoms. The molecule has 0 fully saturated rings. The van der Waals surface area contributed by atoms with Gasteiger partial charge in [-0.05, 0) is 23.1 Å². The quantitative estimate of drug-likeness (QED) is 0.883. The molecule has 2 aromatic heterocycles. The Labute approximate surface area is 98.9 Å². The molecule has 0 aliphatic rings. The number of ether oxygens (including phenoxy) is 1. The van der Waals surface area contributed by atoms with Crippen molar-refractivity contribution >= 4 is 11.3 Å². The fraction of sp³-hybridized carbons (Fsp3) is 0.250. The molecule has 1 atom stereocenters. The lowest BCUT2D eigenvalue weighted by atomic mass is 10.1. The summed E-state index contributed by atoms with van der Waals surface area (Å²) in [6.07, 6.45) is 4.31. The Morgan fingerprint density at radius 3 is 3.06 bits per heavy atom. The van der Waals surface area contributed by atoms with Gasteiger partial charge in [-0.2, -0.15) is 0 Å². The standard InChI is InChI=1S/C12H14N2OS/c1-15-10-5-9(7-14-8-10)12(13)6-11-3-2-4-16-11/h2-5,7-8,12H,6,13H2,1H3. The third-order valence-electron chi connectivity index (χ3n) is 2.40. The molecular weight excluding hydrogens is 220 g/mol. The summed E-state index contributed by atoms with van der Waals surface area (Å²) >= 11 is 1.72. The summed E-state index contributed by atoms with van der Waals surface area (Å²) in [4.78, 5) is 5.39. The molecule has 0 radical (unpaired) electrons. The van der Waals surface area contributed by atoms with E-state index >= 15 is 0 Å². The lowest BCUT2D eigenvalue weighted by Crippen LogP contribution is -2.13. The molecule has 0 aromatic carbocycles. The molecule has 0 saturated heterocycles. The second-order valence-corrected chi connectivity index (χ2v) is 4.58. The molecule has 3 nitrogen and oxygen atoms in total. The van der Waals surface area contributed by atoms with Gasteiger partial charge in [0, 0.05) is 23.5 Å². The Morgan fingerprint density at radius 2 is 2.38 bits per heavy atom. The summed E-state index contributed by atoms with van der Waals surface area (Å²) in [6.45, 7) is 0. The summed E-state index contributed by atoms with van der Waals surface area (Å²) < 4.78 is 5.12. The van der Waals surface area contributed by atoms with Crippen molar-refractivity contribution in [2.24, 2.45) is 5.73 Å². The molecule has 16 heavy (non-hydrogen) atoms. The number of rotatable bonds is 4. The van der Waals surface area contributed by atoms with E-state index in [1.54, 1.807) is 30.8 Å². The fourth-order valence-corrected chi connectivity index (χ4v) is 2.28. The first-order valence-corrected chi connectivity index (χ1v) is 5.94. The minimum atomic E-state index is -0.0266. The predicted octanol–water partition coefficient (Wildman–Crippen LogP) is 2.39. The molecule has 2 heterocycles. The van der Waals surface area contributed by atoms with E-state index in [2.05, 4.69) is 16.4 Å². The Hall–Kier alpha value is -1.39. The smallest absolute Gasteiger partial charge is 0.137 e. The number of pyridine rings is 1. The maximum Gasteiger partial charge on any atom is 0.137 e. The lowest BCUT2D eigenvalue weighted by molar-refractivity contribution is 0.411. The zero-order chi connectivity index (χ0) is 11.4. The van der Waals surface area contributed by atoms with Crippen LogP contribution >= 0.6 is 11.3 Å². The van der Waals surface area contributed by atoms with Crippen LogP contribution in [0.3, 0.4) is 0 Å². The van der Waals surface area contributed by atoms with Crippen molar-refractivity contribution in [3.8, 4) is 5.75 Å². The Balaban J connectivity index is 2.11. The van der Waals surface area contributed by atoms with E-state index in [9.17, 15) is 0 Å². The third-order valence-corrected chi connectivity index (χ3v) is 3.30. The minimum absolute atomic E-state index is 0.0266. The van der Waals surface area contributed by atoms with Crippen molar-refractivity contribution in [1.82, 2.24) is 4.98 Å². The Morgan fingerprint density at radius 1 is 1.50 bits per heavy atom. The number of thiophene rings is 1. The maximum atomic E-state index is 6.12. The van der Waals surface area contributed by atoms with Gasteiger partial charge in [0.15, 0.2) is 0 Å². The van der Waals surface area contributed by atoms with E-state index in [4.69, 9.17) is 10.5 Å². The second kappa shape index (κ2) is 5.09. The molecule has 2 aromatic rings. The third kappa shape index (κ3) is 2.59. The van der Waals surface area contributed by atoms with E-state index in [-0.39, 0.29) is 6.04 Å². The first kappa shape index (κ1) is 11.1. The van der Waals surface area contributed by atoms with Gasteiger partial charge < -0.3 is 10.5 Å². The highest BCUT2D eigenvalue weighted by molar-refractivity contribution is 7.09. The molecule has 2 rings (SSSR count). The molecule has 4 heteroatoms. The first-order valence-electron chi connectivity index (χ1n) is 5.06. The highest BCUT2D eigenvalue weighted by Gasteiger charge is 2.09. The van der Waals surface area contributed by atoms with Crippen molar-refractivity contribution in [3.05, 3.63) is 46.4 Å². The average molecular weight is 234 g/mol. The van der Waals surface area contributed by atoms with E-state index in [1.807, 2.05) is 12.1 Å². The molecule has 0 bridgehead atoms. The van der Waals surface area contributed by atoms with Crippen LogP contribution in [0.4, 0.5) is 0 Å². The van der Waals surface area contributed by atoms with Crippen molar-refractivity contribution in [2.45, 2.75) is 12.5 Å². The maximum absolute atomic E-state index is 6.12. The molecule has 2 N–H and O–H groups in total. The van der Waals surface area contributed by atoms with Gasteiger partial charge in [-0.25, -0.2) is 0 Å². The van der Waals surface area contributed by atoms with Crippen molar-refractivity contribution in [3.63, 3.8) is 0 Å². The van der Waals surface area contributed by atoms with E-state index in [0.29, 0.717) is 0 Å². The minimum Gasteiger partial charge on any atom is -0.495 e. The van der Waals surface area contributed by atoms with Crippen LogP contribution in [0.5, 0.6) is 5.75 Å². The van der Waals surface area contributed by atoms with Crippen LogP contribution in [-0.4, -0.2) is 12.1 Å². The predicted molar refractivity (Wildman–Crippen MR) is 65.7 cm³/mol. The lowest BCUT2D eigenvalue weighted by Gasteiger charge is -2.11. The topological polar surface area (TPSA) is 48.1 Å². The van der Waals surface area contributed by atoms with Crippen molar-refractivity contribution in [2.75, 3.05) is 7.11 Å². The van der Waals surface area contributed by atoms with Gasteiger partial charge >= 0.3 is 0 Å². The molecule has 0 aliphatic heterocycles. The zero-order valence-electron chi connectivity index (χ0n) is 9.09.